The Bertz CT molecular complexity index is 1180. The Morgan fingerprint density at radius 1 is 1.17 bits per heavy atom. The molecule has 0 unspecified atom stereocenters. The Balaban J connectivity index is 2.16. The lowest BCUT2D eigenvalue weighted by molar-refractivity contribution is -0.148. The first-order valence-electron chi connectivity index (χ1n) is 8.70. The van der Waals surface area contributed by atoms with E-state index in [0.29, 0.717) is 0 Å². The molecule has 0 saturated carbocycles. The molecule has 0 amide bonds. The van der Waals surface area contributed by atoms with Crippen molar-refractivity contribution < 1.29 is 32.2 Å². The maximum Gasteiger partial charge on any atom is 0.416 e. The average molecular weight is 441 g/mol. The zero-order valence-electron chi connectivity index (χ0n) is 15.8. The fourth-order valence-electron chi connectivity index (χ4n) is 2.62. The predicted octanol–water partition coefficient (Wildman–Crippen LogP) is 5.62. The van der Waals surface area contributed by atoms with E-state index in [2.05, 4.69) is 0 Å². The second-order valence-electron chi connectivity index (χ2n) is 7.28. The molecule has 1 heterocycles. The lowest BCUT2D eigenvalue weighted by Crippen LogP contribution is -2.30. The predicted molar refractivity (Wildman–Crippen MR) is 105 cm³/mol. The van der Waals surface area contributed by atoms with Crippen molar-refractivity contribution in [2.75, 3.05) is 6.61 Å². The third kappa shape index (κ3) is 4.28. The van der Waals surface area contributed by atoms with Gasteiger partial charge < -0.3 is 14.3 Å². The van der Waals surface area contributed by atoms with Crippen LogP contribution in [0.2, 0.25) is 5.02 Å². The molecule has 0 aliphatic carbocycles. The monoisotopic (exact) mass is 440 g/mol. The molecule has 9 heteroatoms. The lowest BCUT2D eigenvalue weighted by Gasteiger charge is -2.21. The Hall–Kier alpha value is -3.00. The van der Waals surface area contributed by atoms with Crippen molar-refractivity contribution in [1.82, 2.24) is 0 Å². The third-order valence-corrected chi connectivity index (χ3v) is 4.75. The number of benzene rings is 2. The SMILES string of the molecule is CC(C)(COc1cc(C(F)(F)F)ccc1-c1cc(=O)c2cccc(Cl)c2o1)C(=O)O. The molecular weight excluding hydrogens is 425 g/mol. The van der Waals surface area contributed by atoms with E-state index in [1.165, 1.54) is 26.0 Å². The van der Waals surface area contributed by atoms with Crippen molar-refractivity contribution in [3.05, 3.63) is 63.3 Å². The molecule has 3 aromatic rings. The second kappa shape index (κ2) is 7.68. The number of fused-ring (bicyclic) bond motifs is 1. The number of ether oxygens (including phenoxy) is 1. The van der Waals surface area contributed by atoms with Crippen molar-refractivity contribution in [3.8, 4) is 17.1 Å². The molecule has 5 nitrogen and oxygen atoms in total. The van der Waals surface area contributed by atoms with Gasteiger partial charge in [0.2, 0.25) is 0 Å². The molecule has 0 saturated heterocycles. The van der Waals surface area contributed by atoms with Crippen molar-refractivity contribution in [3.63, 3.8) is 0 Å². The number of carboxylic acid groups (broad SMARTS) is 1. The quantitative estimate of drug-likeness (QED) is 0.557. The summed E-state index contributed by atoms with van der Waals surface area (Å²) in [6, 6.07) is 8.38. The van der Waals surface area contributed by atoms with Gasteiger partial charge in [-0.1, -0.05) is 17.7 Å². The molecule has 0 spiro atoms. The van der Waals surface area contributed by atoms with E-state index in [9.17, 15) is 27.9 Å². The molecule has 158 valence electrons. The summed E-state index contributed by atoms with van der Waals surface area (Å²) in [5.74, 6) is -1.51. The van der Waals surface area contributed by atoms with Crippen LogP contribution in [0, 0.1) is 5.41 Å². The topological polar surface area (TPSA) is 76.7 Å². The Morgan fingerprint density at radius 2 is 1.87 bits per heavy atom. The van der Waals surface area contributed by atoms with Crippen molar-refractivity contribution >= 4 is 28.5 Å². The van der Waals surface area contributed by atoms with Gasteiger partial charge in [-0.05, 0) is 44.2 Å². The van der Waals surface area contributed by atoms with Crippen LogP contribution in [0.4, 0.5) is 13.2 Å². The number of rotatable bonds is 5. The summed E-state index contributed by atoms with van der Waals surface area (Å²) >= 11 is 6.09. The largest absolute Gasteiger partial charge is 0.492 e. The van der Waals surface area contributed by atoms with Crippen molar-refractivity contribution in [2.24, 2.45) is 5.41 Å². The molecular formula is C21H16ClF3O5. The van der Waals surface area contributed by atoms with E-state index < -0.39 is 35.2 Å². The summed E-state index contributed by atoms with van der Waals surface area (Å²) < 4.78 is 50.7. The smallest absolute Gasteiger partial charge is 0.416 e. The molecule has 3 rings (SSSR count). The highest BCUT2D eigenvalue weighted by molar-refractivity contribution is 6.34. The van der Waals surface area contributed by atoms with Crippen molar-refractivity contribution in [2.45, 2.75) is 20.0 Å². The molecule has 0 aliphatic heterocycles. The molecule has 30 heavy (non-hydrogen) atoms. The number of carboxylic acids is 1. The van der Waals surface area contributed by atoms with Gasteiger partial charge in [0.1, 0.15) is 18.1 Å². The average Bonchev–Trinajstić information content (AvgIpc) is 2.66. The van der Waals surface area contributed by atoms with E-state index in [4.69, 9.17) is 20.8 Å². The maximum atomic E-state index is 13.2. The molecule has 0 aliphatic rings. The molecule has 0 fully saturated rings. The van der Waals surface area contributed by atoms with Crippen LogP contribution in [0.25, 0.3) is 22.3 Å². The van der Waals surface area contributed by atoms with Crippen LogP contribution in [-0.2, 0) is 11.0 Å². The minimum atomic E-state index is -4.65. The van der Waals surface area contributed by atoms with E-state index in [-0.39, 0.29) is 33.1 Å². The number of carbonyl (C=O) groups is 1. The Kier molecular flexibility index (Phi) is 5.56. The number of para-hydroxylation sites is 1. The summed E-state index contributed by atoms with van der Waals surface area (Å²) in [4.78, 5) is 23.8. The Labute approximate surface area is 173 Å². The highest BCUT2D eigenvalue weighted by atomic mass is 35.5. The molecule has 2 aromatic carbocycles. The molecule has 1 N–H and O–H groups in total. The van der Waals surface area contributed by atoms with Gasteiger partial charge in [-0.25, -0.2) is 0 Å². The molecule has 0 bridgehead atoms. The molecule has 1 aromatic heterocycles. The summed E-state index contributed by atoms with van der Waals surface area (Å²) in [5.41, 5.74) is -2.65. The number of alkyl halides is 3. The highest BCUT2D eigenvalue weighted by Gasteiger charge is 2.33. The minimum absolute atomic E-state index is 0.0579. The fraction of sp³-hybridized carbons (Fsp3) is 0.238. The first-order chi connectivity index (χ1) is 13.9. The number of hydrogen-bond donors (Lipinski definition) is 1. The van der Waals surface area contributed by atoms with Crippen LogP contribution in [0.3, 0.4) is 0 Å². The number of hydrogen-bond acceptors (Lipinski definition) is 4. The van der Waals surface area contributed by atoms with Crippen LogP contribution in [0.15, 0.2) is 51.7 Å². The molecule has 0 radical (unpaired) electrons. The normalized spacial score (nSPS) is 12.2. The summed E-state index contributed by atoms with van der Waals surface area (Å²) in [5, 5.41) is 9.62. The first kappa shape index (κ1) is 21.7. The van der Waals surface area contributed by atoms with Crippen LogP contribution in [0.5, 0.6) is 5.75 Å². The lowest BCUT2D eigenvalue weighted by atomic mass is 9.95. The van der Waals surface area contributed by atoms with E-state index in [1.54, 1.807) is 6.07 Å². The second-order valence-corrected chi connectivity index (χ2v) is 7.69. The number of aliphatic carboxylic acids is 1. The number of halogens is 4. The minimum Gasteiger partial charge on any atom is -0.492 e. The van der Waals surface area contributed by atoms with Crippen LogP contribution >= 0.6 is 11.6 Å². The summed E-state index contributed by atoms with van der Waals surface area (Å²) in [6.45, 7) is 2.34. The Morgan fingerprint density at radius 3 is 2.50 bits per heavy atom. The van der Waals surface area contributed by atoms with Gasteiger partial charge in [0, 0.05) is 6.07 Å². The standard InChI is InChI=1S/C21H16ClF3O5/c1-20(2,19(27)28)10-29-16-8-11(21(23,24)25)6-7-13(16)17-9-15(26)12-4-3-5-14(22)18(12)30-17/h3-9H,10H2,1-2H3,(H,27,28). The third-order valence-electron chi connectivity index (χ3n) is 4.45. The zero-order chi connectivity index (χ0) is 22.3. The maximum absolute atomic E-state index is 13.2. The summed E-state index contributed by atoms with van der Waals surface area (Å²) in [7, 11) is 0. The van der Waals surface area contributed by atoms with Gasteiger partial charge in [-0.2, -0.15) is 13.2 Å². The van der Waals surface area contributed by atoms with Crippen LogP contribution in [-0.4, -0.2) is 17.7 Å². The molecule has 0 atom stereocenters. The van der Waals surface area contributed by atoms with Crippen LogP contribution in [0.1, 0.15) is 19.4 Å². The van der Waals surface area contributed by atoms with E-state index in [0.717, 1.165) is 24.3 Å². The van der Waals surface area contributed by atoms with Gasteiger partial charge in [0.05, 0.1) is 27.0 Å². The fourth-order valence-corrected chi connectivity index (χ4v) is 2.83. The van der Waals surface area contributed by atoms with E-state index >= 15 is 0 Å². The van der Waals surface area contributed by atoms with E-state index in [1.807, 2.05) is 0 Å². The summed E-state index contributed by atoms with van der Waals surface area (Å²) in [6.07, 6.45) is -4.65. The van der Waals surface area contributed by atoms with Gasteiger partial charge in [0.15, 0.2) is 11.0 Å². The van der Waals surface area contributed by atoms with Gasteiger partial charge in [0.25, 0.3) is 0 Å². The first-order valence-corrected chi connectivity index (χ1v) is 9.08. The highest BCUT2D eigenvalue weighted by Crippen LogP contribution is 2.38. The zero-order valence-corrected chi connectivity index (χ0v) is 16.6. The van der Waals surface area contributed by atoms with Crippen molar-refractivity contribution in [1.29, 1.82) is 0 Å². The van der Waals surface area contributed by atoms with Gasteiger partial charge in [-0.15, -0.1) is 0 Å². The van der Waals surface area contributed by atoms with Crippen LogP contribution < -0.4 is 10.2 Å². The van der Waals surface area contributed by atoms with Gasteiger partial charge >= 0.3 is 12.1 Å². The van der Waals surface area contributed by atoms with Gasteiger partial charge in [-0.3, -0.25) is 9.59 Å².